The van der Waals surface area contributed by atoms with Crippen molar-refractivity contribution in [3.63, 3.8) is 0 Å². The molecule has 1 unspecified atom stereocenters. The van der Waals surface area contributed by atoms with Gasteiger partial charge in [0.25, 0.3) is 0 Å². The summed E-state index contributed by atoms with van der Waals surface area (Å²) < 4.78 is 25.2. The maximum Gasteiger partial charge on any atom is 0.227 e. The van der Waals surface area contributed by atoms with Crippen LogP contribution in [0.15, 0.2) is 84.9 Å². The number of hydrogen-bond acceptors (Lipinski definition) is 7. The number of methoxy groups -OCH3 is 2. The fourth-order valence-corrected chi connectivity index (χ4v) is 4.49. The third-order valence-electron chi connectivity index (χ3n) is 6.52. The smallest absolute Gasteiger partial charge is 0.227 e. The summed E-state index contributed by atoms with van der Waals surface area (Å²) in [6.45, 7) is 4.84. The summed E-state index contributed by atoms with van der Waals surface area (Å²) in [5.74, 6) is 1.85. The Bertz CT molecular complexity index is 1300. The molecule has 4 aromatic rings. The Morgan fingerprint density at radius 2 is 1.57 bits per heavy atom. The zero-order chi connectivity index (χ0) is 28.2. The Balaban J connectivity index is 1.59. The minimum absolute atomic E-state index is 0.229. The van der Waals surface area contributed by atoms with Gasteiger partial charge in [-0.15, -0.1) is 0 Å². The third kappa shape index (κ3) is 7.92. The quantitative estimate of drug-likeness (QED) is 0.206. The number of benzene rings is 3. The van der Waals surface area contributed by atoms with Gasteiger partial charge in [-0.2, -0.15) is 5.10 Å². The second-order valence-corrected chi connectivity index (χ2v) is 9.47. The highest BCUT2D eigenvalue weighted by Crippen LogP contribution is 2.36. The monoisotopic (exact) mass is 545 g/mol. The third-order valence-corrected chi connectivity index (χ3v) is 6.52. The summed E-state index contributed by atoms with van der Waals surface area (Å²) in [5.41, 5.74) is 3.84. The van der Waals surface area contributed by atoms with Gasteiger partial charge in [0.1, 0.15) is 0 Å². The molecule has 0 aliphatic carbocycles. The Kier molecular flexibility index (Phi) is 11.1. The summed E-state index contributed by atoms with van der Waals surface area (Å²) in [4.78, 5) is 2.15. The van der Waals surface area contributed by atoms with Crippen molar-refractivity contribution in [2.24, 2.45) is 0 Å². The normalized spacial score (nSPS) is 12.0. The van der Waals surface area contributed by atoms with Crippen molar-refractivity contribution in [1.82, 2.24) is 14.7 Å². The van der Waals surface area contributed by atoms with Gasteiger partial charge in [0.15, 0.2) is 11.5 Å². The van der Waals surface area contributed by atoms with E-state index in [9.17, 15) is 5.11 Å². The first-order chi connectivity index (χ1) is 19.6. The van der Waals surface area contributed by atoms with E-state index in [-0.39, 0.29) is 6.61 Å². The van der Waals surface area contributed by atoms with Crippen LogP contribution in [0.2, 0.25) is 0 Å². The first-order valence-corrected chi connectivity index (χ1v) is 13.6. The van der Waals surface area contributed by atoms with E-state index >= 15 is 0 Å². The van der Waals surface area contributed by atoms with Crippen LogP contribution in [0, 0.1) is 0 Å². The molecule has 40 heavy (non-hydrogen) atoms. The van der Waals surface area contributed by atoms with Crippen molar-refractivity contribution in [1.29, 1.82) is 0 Å². The summed E-state index contributed by atoms with van der Waals surface area (Å²) in [6, 6.07) is 27.5. The molecule has 1 aromatic heterocycles. The van der Waals surface area contributed by atoms with E-state index in [0.717, 1.165) is 28.9 Å². The highest BCUT2D eigenvalue weighted by atomic mass is 16.5. The Morgan fingerprint density at radius 1 is 0.900 bits per heavy atom. The minimum atomic E-state index is -0.673. The molecular weight excluding hydrogens is 506 g/mol. The maximum atomic E-state index is 10.9. The molecule has 1 N–H and O–H groups in total. The number of aliphatic hydroxyl groups is 1. The van der Waals surface area contributed by atoms with E-state index in [1.54, 1.807) is 14.2 Å². The van der Waals surface area contributed by atoms with Crippen LogP contribution in [0.1, 0.15) is 23.7 Å². The molecule has 0 aliphatic heterocycles. The molecule has 212 valence electrons. The number of nitrogens with zero attached hydrogens (tertiary/aromatic N) is 3. The first kappa shape index (κ1) is 29.3. The van der Waals surface area contributed by atoms with Crippen molar-refractivity contribution in [3.05, 3.63) is 102 Å². The van der Waals surface area contributed by atoms with Crippen molar-refractivity contribution in [2.75, 3.05) is 40.5 Å². The fraction of sp³-hybridized carbons (Fsp3) is 0.344. The highest BCUT2D eigenvalue weighted by molar-refractivity contribution is 5.47. The second-order valence-electron chi connectivity index (χ2n) is 9.47. The fourth-order valence-electron chi connectivity index (χ4n) is 4.49. The molecule has 1 heterocycles. The van der Waals surface area contributed by atoms with Gasteiger partial charge in [-0.1, -0.05) is 67.6 Å². The van der Waals surface area contributed by atoms with E-state index in [1.165, 1.54) is 0 Å². The highest BCUT2D eigenvalue weighted by Gasteiger charge is 2.24. The van der Waals surface area contributed by atoms with Crippen molar-refractivity contribution in [2.45, 2.75) is 32.6 Å². The lowest BCUT2D eigenvalue weighted by atomic mass is 10.1. The lowest BCUT2D eigenvalue weighted by molar-refractivity contribution is 0.00466. The van der Waals surface area contributed by atoms with E-state index in [4.69, 9.17) is 24.0 Å². The van der Waals surface area contributed by atoms with Crippen LogP contribution >= 0.6 is 0 Å². The summed E-state index contributed by atoms with van der Waals surface area (Å²) >= 11 is 0. The van der Waals surface area contributed by atoms with Crippen LogP contribution in [-0.2, 0) is 29.0 Å². The van der Waals surface area contributed by atoms with Gasteiger partial charge in [0.2, 0.25) is 5.88 Å². The van der Waals surface area contributed by atoms with Gasteiger partial charge in [0.05, 0.1) is 50.0 Å². The molecule has 0 aliphatic rings. The van der Waals surface area contributed by atoms with E-state index in [1.807, 2.05) is 89.6 Å². The number of aryl methyl sites for hydroxylation is 1. The largest absolute Gasteiger partial charge is 0.493 e. The van der Waals surface area contributed by atoms with Crippen LogP contribution in [0.25, 0.3) is 5.69 Å². The van der Waals surface area contributed by atoms with Crippen LogP contribution in [0.5, 0.6) is 17.4 Å². The second kappa shape index (κ2) is 15.2. The number of ether oxygens (including phenoxy) is 4. The number of para-hydroxylation sites is 3. The van der Waals surface area contributed by atoms with Gasteiger partial charge in [0, 0.05) is 26.7 Å². The lowest BCUT2D eigenvalue weighted by Gasteiger charge is -2.25. The summed E-state index contributed by atoms with van der Waals surface area (Å²) in [7, 11) is 3.31. The van der Waals surface area contributed by atoms with Gasteiger partial charge >= 0.3 is 0 Å². The number of hydrogen-bond donors (Lipinski definition) is 1. The molecule has 0 saturated carbocycles. The standard InChI is InChI=1S/C32H39N3O5/c1-4-29-28(22-34(19-20-37-2)21-27(36)24-39-23-25-13-7-5-8-14-25)32(35(33-29)26-15-9-6-10-16-26)40-31-18-12-11-17-30(31)38-3/h5-18,27,36H,4,19-24H2,1-3H3. The zero-order valence-corrected chi connectivity index (χ0v) is 23.5. The summed E-state index contributed by atoms with van der Waals surface area (Å²) in [5, 5.41) is 15.8. The minimum Gasteiger partial charge on any atom is -0.493 e. The van der Waals surface area contributed by atoms with Crippen LogP contribution in [0.4, 0.5) is 0 Å². The SMILES string of the molecule is CCc1nn(-c2ccccc2)c(Oc2ccccc2OC)c1CN(CCOC)CC(O)COCc1ccccc1. The average Bonchev–Trinajstić information content (AvgIpc) is 3.33. The number of rotatable bonds is 16. The van der Waals surface area contributed by atoms with Gasteiger partial charge in [-0.25, -0.2) is 4.68 Å². The van der Waals surface area contributed by atoms with Gasteiger partial charge < -0.3 is 24.1 Å². The van der Waals surface area contributed by atoms with E-state index < -0.39 is 6.10 Å². The molecule has 0 bridgehead atoms. The van der Waals surface area contributed by atoms with Crippen LogP contribution in [-0.4, -0.2) is 66.4 Å². The Labute approximate surface area is 236 Å². The van der Waals surface area contributed by atoms with Crippen molar-refractivity contribution >= 4 is 0 Å². The van der Waals surface area contributed by atoms with E-state index in [0.29, 0.717) is 50.2 Å². The predicted molar refractivity (Wildman–Crippen MR) is 155 cm³/mol. The van der Waals surface area contributed by atoms with E-state index in [2.05, 4.69) is 11.8 Å². The zero-order valence-electron chi connectivity index (χ0n) is 23.5. The lowest BCUT2D eigenvalue weighted by Crippen LogP contribution is -2.36. The summed E-state index contributed by atoms with van der Waals surface area (Å²) in [6.07, 6.45) is 0.0478. The van der Waals surface area contributed by atoms with Crippen LogP contribution in [0.3, 0.4) is 0 Å². The molecule has 3 aromatic carbocycles. The first-order valence-electron chi connectivity index (χ1n) is 13.6. The molecule has 0 spiro atoms. The molecule has 0 saturated heterocycles. The molecule has 0 amide bonds. The number of aromatic nitrogens is 2. The van der Waals surface area contributed by atoms with Crippen molar-refractivity contribution < 1.29 is 24.1 Å². The maximum absolute atomic E-state index is 10.9. The predicted octanol–water partition coefficient (Wildman–Crippen LogP) is 5.26. The Hall–Kier alpha value is -3.69. The van der Waals surface area contributed by atoms with Gasteiger partial charge in [-0.05, 0) is 36.2 Å². The van der Waals surface area contributed by atoms with Crippen LogP contribution < -0.4 is 9.47 Å². The molecule has 1 atom stereocenters. The topological polar surface area (TPSA) is 78.2 Å². The molecule has 8 nitrogen and oxygen atoms in total. The molecule has 4 rings (SSSR count). The molecule has 0 fully saturated rings. The molecule has 8 heteroatoms. The number of aliphatic hydroxyl groups excluding tert-OH is 1. The molecular formula is C32H39N3O5. The van der Waals surface area contributed by atoms with Gasteiger partial charge in [-0.3, -0.25) is 4.90 Å². The average molecular weight is 546 g/mol. The molecule has 0 radical (unpaired) electrons. The Morgan fingerprint density at radius 3 is 2.25 bits per heavy atom. The van der Waals surface area contributed by atoms with Crippen molar-refractivity contribution in [3.8, 4) is 23.1 Å².